The number of piperidine rings is 1. The van der Waals surface area contributed by atoms with Gasteiger partial charge in [0.15, 0.2) is 0 Å². The van der Waals surface area contributed by atoms with Crippen molar-refractivity contribution in [2.45, 2.75) is 38.4 Å². The standard InChI is InChI=1S/C15H20ClF3N4O/c1-2-5-20-14(24)22-11-3-6-23(7-4-11)13-12(16)8-10(9-21-13)15(17,18)19/h8-9,11H,2-7H2,1H3,(H2,20,22,24)/p+1. The topological polar surface area (TPSA) is 58.5 Å². The number of nitrogens with one attached hydrogen (secondary N) is 3. The molecule has 0 bridgehead atoms. The Morgan fingerprint density at radius 2 is 2.08 bits per heavy atom. The molecule has 2 heterocycles. The average Bonchev–Trinajstić information content (AvgIpc) is 2.53. The maximum absolute atomic E-state index is 12.7. The second-order valence-corrected chi connectivity index (χ2v) is 6.15. The zero-order valence-electron chi connectivity index (χ0n) is 13.3. The Morgan fingerprint density at radius 1 is 1.42 bits per heavy atom. The highest BCUT2D eigenvalue weighted by atomic mass is 35.5. The minimum absolute atomic E-state index is 0.0388. The van der Waals surface area contributed by atoms with Crippen LogP contribution in [0.4, 0.5) is 23.8 Å². The summed E-state index contributed by atoms with van der Waals surface area (Å²) >= 11 is 5.99. The van der Waals surface area contributed by atoms with E-state index in [4.69, 9.17) is 11.6 Å². The molecule has 0 aromatic carbocycles. The molecular formula is C15H21ClF3N4O+. The number of hydrogen-bond acceptors (Lipinski definition) is 2. The van der Waals surface area contributed by atoms with E-state index in [1.54, 1.807) is 0 Å². The van der Waals surface area contributed by atoms with E-state index in [0.29, 0.717) is 38.3 Å². The Kier molecular flexibility index (Phi) is 6.15. The van der Waals surface area contributed by atoms with Crippen LogP contribution in [0, 0.1) is 0 Å². The fourth-order valence-corrected chi connectivity index (χ4v) is 2.88. The third kappa shape index (κ3) is 4.90. The van der Waals surface area contributed by atoms with Crippen LogP contribution in [0.2, 0.25) is 5.02 Å². The molecule has 5 nitrogen and oxygen atoms in total. The molecule has 0 spiro atoms. The molecule has 1 aliphatic rings. The summed E-state index contributed by atoms with van der Waals surface area (Å²) in [7, 11) is 0. The fraction of sp³-hybridized carbons (Fsp3) is 0.600. The van der Waals surface area contributed by atoms with Crippen LogP contribution in [0.25, 0.3) is 0 Å². The summed E-state index contributed by atoms with van der Waals surface area (Å²) in [6.07, 6.45) is -1.24. The molecule has 0 aliphatic carbocycles. The summed E-state index contributed by atoms with van der Waals surface area (Å²) in [6, 6.07) is 0.788. The lowest BCUT2D eigenvalue weighted by molar-refractivity contribution is -0.367. The number of hydrogen-bond donors (Lipinski definition) is 2. The number of aromatic amines is 1. The van der Waals surface area contributed by atoms with Gasteiger partial charge in [0, 0.05) is 25.4 Å². The van der Waals surface area contributed by atoms with E-state index in [-0.39, 0.29) is 17.1 Å². The number of anilines is 1. The number of nitrogens with zero attached hydrogens (tertiary/aromatic N) is 1. The molecule has 24 heavy (non-hydrogen) atoms. The number of urea groups is 1. The number of rotatable bonds is 4. The highest BCUT2D eigenvalue weighted by molar-refractivity contribution is 6.32. The summed E-state index contributed by atoms with van der Waals surface area (Å²) in [6.45, 7) is 3.80. The van der Waals surface area contributed by atoms with Gasteiger partial charge in [0.05, 0.1) is 18.7 Å². The molecule has 134 valence electrons. The summed E-state index contributed by atoms with van der Waals surface area (Å²) in [4.78, 5) is 16.2. The van der Waals surface area contributed by atoms with Crippen molar-refractivity contribution in [3.8, 4) is 0 Å². The number of aromatic nitrogens is 1. The molecular weight excluding hydrogens is 345 g/mol. The van der Waals surface area contributed by atoms with Gasteiger partial charge < -0.3 is 10.6 Å². The maximum Gasteiger partial charge on any atom is 0.419 e. The van der Waals surface area contributed by atoms with Crippen LogP contribution in [0.3, 0.4) is 0 Å². The first-order valence-corrected chi connectivity index (χ1v) is 8.26. The normalized spacial score (nSPS) is 16.1. The molecule has 2 rings (SSSR count). The van der Waals surface area contributed by atoms with Crippen molar-refractivity contribution in [3.05, 3.63) is 22.8 Å². The van der Waals surface area contributed by atoms with E-state index in [1.165, 1.54) is 0 Å². The minimum Gasteiger partial charge on any atom is -0.338 e. The fourth-order valence-electron chi connectivity index (χ4n) is 2.59. The largest absolute Gasteiger partial charge is 0.419 e. The van der Waals surface area contributed by atoms with Gasteiger partial charge in [-0.25, -0.2) is 9.78 Å². The molecule has 0 saturated carbocycles. The van der Waals surface area contributed by atoms with E-state index in [1.807, 2.05) is 11.8 Å². The van der Waals surface area contributed by atoms with Crippen molar-refractivity contribution >= 4 is 23.4 Å². The molecule has 3 N–H and O–H groups in total. The van der Waals surface area contributed by atoms with Crippen LogP contribution in [-0.4, -0.2) is 31.7 Å². The summed E-state index contributed by atoms with van der Waals surface area (Å²) < 4.78 is 38.0. The van der Waals surface area contributed by atoms with Gasteiger partial charge in [-0.1, -0.05) is 18.5 Å². The lowest BCUT2D eigenvalue weighted by Crippen LogP contribution is -2.48. The van der Waals surface area contributed by atoms with Crippen LogP contribution in [0.15, 0.2) is 12.3 Å². The number of H-pyrrole nitrogens is 1. The highest BCUT2D eigenvalue weighted by Gasteiger charge is 2.34. The molecule has 1 saturated heterocycles. The summed E-state index contributed by atoms with van der Waals surface area (Å²) in [5, 5.41) is 5.69. The Balaban J connectivity index is 1.91. The predicted octanol–water partition coefficient (Wildman–Crippen LogP) is 2.85. The number of carbonyl (C=O) groups is 1. The third-order valence-electron chi connectivity index (χ3n) is 3.88. The maximum atomic E-state index is 12.7. The smallest absolute Gasteiger partial charge is 0.338 e. The van der Waals surface area contributed by atoms with Gasteiger partial charge in [-0.05, 0) is 12.5 Å². The predicted molar refractivity (Wildman–Crippen MR) is 85.1 cm³/mol. The second-order valence-electron chi connectivity index (χ2n) is 5.74. The minimum atomic E-state index is -4.43. The molecule has 0 radical (unpaired) electrons. The van der Waals surface area contributed by atoms with Gasteiger partial charge in [-0.2, -0.15) is 13.2 Å². The van der Waals surface area contributed by atoms with E-state index in [0.717, 1.165) is 18.7 Å². The third-order valence-corrected chi connectivity index (χ3v) is 4.17. The molecule has 9 heteroatoms. The van der Waals surface area contributed by atoms with Gasteiger partial charge >= 0.3 is 12.2 Å². The van der Waals surface area contributed by atoms with Crippen molar-refractivity contribution in [1.82, 2.24) is 10.6 Å². The molecule has 0 unspecified atom stereocenters. The number of pyridine rings is 1. The van der Waals surface area contributed by atoms with E-state index < -0.39 is 11.7 Å². The van der Waals surface area contributed by atoms with Crippen molar-refractivity contribution in [3.63, 3.8) is 0 Å². The number of carbonyl (C=O) groups excluding carboxylic acids is 1. The lowest BCUT2D eigenvalue weighted by atomic mass is 10.1. The zero-order valence-corrected chi connectivity index (χ0v) is 14.1. The Bertz CT molecular complexity index is 574. The quantitative estimate of drug-likeness (QED) is 0.862. The molecule has 0 atom stereocenters. The van der Waals surface area contributed by atoms with Crippen molar-refractivity contribution < 1.29 is 22.9 Å². The summed E-state index contributed by atoms with van der Waals surface area (Å²) in [5.74, 6) is 0.471. The van der Waals surface area contributed by atoms with Crippen LogP contribution in [0.5, 0.6) is 0 Å². The van der Waals surface area contributed by atoms with E-state index in [2.05, 4.69) is 15.6 Å². The van der Waals surface area contributed by atoms with Crippen molar-refractivity contribution in [1.29, 1.82) is 0 Å². The Hall–Kier alpha value is -1.70. The van der Waals surface area contributed by atoms with Crippen molar-refractivity contribution in [2.24, 2.45) is 0 Å². The number of alkyl halides is 3. The molecule has 2 amide bonds. The van der Waals surface area contributed by atoms with Gasteiger partial charge in [0.2, 0.25) is 0 Å². The van der Waals surface area contributed by atoms with Gasteiger partial charge in [-0.3, -0.25) is 4.90 Å². The highest BCUT2D eigenvalue weighted by Crippen LogP contribution is 2.32. The average molecular weight is 366 g/mol. The van der Waals surface area contributed by atoms with Gasteiger partial charge in [-0.15, -0.1) is 0 Å². The Labute approximate surface area is 143 Å². The van der Waals surface area contributed by atoms with Gasteiger partial charge in [0.25, 0.3) is 5.82 Å². The SMILES string of the molecule is CCCNC(=O)NC1CCN(c2[nH+]cc(C(F)(F)F)cc2Cl)CC1. The van der Waals surface area contributed by atoms with Crippen molar-refractivity contribution in [2.75, 3.05) is 24.5 Å². The monoisotopic (exact) mass is 365 g/mol. The van der Waals surface area contributed by atoms with Crippen LogP contribution >= 0.6 is 11.6 Å². The second kappa shape index (κ2) is 7.92. The molecule has 1 aromatic heterocycles. The molecule has 1 fully saturated rings. The molecule has 1 aliphatic heterocycles. The van der Waals surface area contributed by atoms with E-state index in [9.17, 15) is 18.0 Å². The first kappa shape index (κ1) is 18.6. The first-order chi connectivity index (χ1) is 11.3. The zero-order chi connectivity index (χ0) is 17.7. The van der Waals surface area contributed by atoms with E-state index >= 15 is 0 Å². The first-order valence-electron chi connectivity index (χ1n) is 7.89. The molecule has 1 aromatic rings. The number of amides is 2. The lowest BCUT2D eigenvalue weighted by Gasteiger charge is -2.28. The summed E-state index contributed by atoms with van der Waals surface area (Å²) in [5.41, 5.74) is -0.805. The Morgan fingerprint density at radius 3 is 2.62 bits per heavy atom. The van der Waals surface area contributed by atoms with Crippen LogP contribution < -0.4 is 20.5 Å². The van der Waals surface area contributed by atoms with Gasteiger partial charge in [0.1, 0.15) is 11.2 Å². The van der Waals surface area contributed by atoms with Crippen LogP contribution in [-0.2, 0) is 6.18 Å². The van der Waals surface area contributed by atoms with Crippen LogP contribution in [0.1, 0.15) is 31.7 Å². The number of halogens is 4.